The summed E-state index contributed by atoms with van der Waals surface area (Å²) in [6.07, 6.45) is 3.37. The number of nitrogens with one attached hydrogen (secondary N) is 2. The Labute approximate surface area is 124 Å². The third-order valence-corrected chi connectivity index (χ3v) is 4.02. The lowest BCUT2D eigenvalue weighted by molar-refractivity contribution is 0.101. The number of amides is 1. The monoisotopic (exact) mass is 284 g/mol. The SMILES string of the molecule is CCC(C)c1ccc(NC(=O)c2n[nH]c(C3CC3)n2)cc1. The molecule has 5 nitrogen and oxygen atoms in total. The zero-order valence-electron chi connectivity index (χ0n) is 12.4. The highest BCUT2D eigenvalue weighted by Gasteiger charge is 2.28. The summed E-state index contributed by atoms with van der Waals surface area (Å²) in [7, 11) is 0. The number of hydrogen-bond acceptors (Lipinski definition) is 3. The molecule has 1 amide bonds. The van der Waals surface area contributed by atoms with Crippen LogP contribution in [0, 0.1) is 0 Å². The Morgan fingerprint density at radius 2 is 2.10 bits per heavy atom. The number of hydrogen-bond donors (Lipinski definition) is 2. The van der Waals surface area contributed by atoms with Crippen molar-refractivity contribution < 1.29 is 4.79 Å². The van der Waals surface area contributed by atoms with E-state index < -0.39 is 0 Å². The Balaban J connectivity index is 1.65. The summed E-state index contributed by atoms with van der Waals surface area (Å²) in [5.74, 6) is 1.77. The topological polar surface area (TPSA) is 70.7 Å². The maximum Gasteiger partial charge on any atom is 0.295 e. The highest BCUT2D eigenvalue weighted by Crippen LogP contribution is 2.37. The molecule has 1 aliphatic rings. The summed E-state index contributed by atoms with van der Waals surface area (Å²) in [6, 6.07) is 7.95. The van der Waals surface area contributed by atoms with E-state index in [1.54, 1.807) is 0 Å². The smallest absolute Gasteiger partial charge is 0.295 e. The van der Waals surface area contributed by atoms with E-state index in [2.05, 4.69) is 46.5 Å². The van der Waals surface area contributed by atoms with Gasteiger partial charge in [-0.2, -0.15) is 0 Å². The molecule has 1 aliphatic carbocycles. The summed E-state index contributed by atoms with van der Waals surface area (Å²) in [5, 5.41) is 9.66. The van der Waals surface area contributed by atoms with Gasteiger partial charge in [-0.25, -0.2) is 4.98 Å². The number of anilines is 1. The summed E-state index contributed by atoms with van der Waals surface area (Å²) < 4.78 is 0. The second-order valence-corrected chi connectivity index (χ2v) is 5.70. The van der Waals surface area contributed by atoms with Gasteiger partial charge in [0.25, 0.3) is 5.91 Å². The molecule has 1 aromatic heterocycles. The quantitative estimate of drug-likeness (QED) is 0.883. The minimum Gasteiger partial charge on any atom is -0.319 e. The van der Waals surface area contributed by atoms with Crippen molar-refractivity contribution in [3.8, 4) is 0 Å². The number of aromatic amines is 1. The molecule has 2 aromatic rings. The molecule has 1 fully saturated rings. The van der Waals surface area contributed by atoms with E-state index in [4.69, 9.17) is 0 Å². The Morgan fingerprint density at radius 1 is 1.38 bits per heavy atom. The van der Waals surface area contributed by atoms with Crippen LogP contribution >= 0.6 is 0 Å². The van der Waals surface area contributed by atoms with Gasteiger partial charge >= 0.3 is 0 Å². The van der Waals surface area contributed by atoms with E-state index >= 15 is 0 Å². The van der Waals surface area contributed by atoms with Crippen LogP contribution in [-0.4, -0.2) is 21.1 Å². The summed E-state index contributed by atoms with van der Waals surface area (Å²) in [5.41, 5.74) is 2.05. The minimum absolute atomic E-state index is 0.211. The molecule has 1 unspecified atom stereocenters. The van der Waals surface area contributed by atoms with Crippen molar-refractivity contribution in [2.24, 2.45) is 0 Å². The van der Waals surface area contributed by atoms with Gasteiger partial charge in [0.2, 0.25) is 5.82 Å². The molecule has 1 atom stereocenters. The Bertz CT molecular complexity index is 628. The summed E-state index contributed by atoms with van der Waals surface area (Å²) in [6.45, 7) is 4.36. The molecule has 0 bridgehead atoms. The van der Waals surface area contributed by atoms with E-state index in [1.165, 1.54) is 5.56 Å². The summed E-state index contributed by atoms with van der Waals surface area (Å²) in [4.78, 5) is 16.3. The van der Waals surface area contributed by atoms with Gasteiger partial charge in [-0.05, 0) is 42.9 Å². The first-order chi connectivity index (χ1) is 10.2. The molecule has 1 aromatic carbocycles. The van der Waals surface area contributed by atoms with Crippen LogP contribution in [0.3, 0.4) is 0 Å². The zero-order chi connectivity index (χ0) is 14.8. The fraction of sp³-hybridized carbons (Fsp3) is 0.438. The van der Waals surface area contributed by atoms with Gasteiger partial charge in [-0.15, -0.1) is 5.10 Å². The average molecular weight is 284 g/mol. The lowest BCUT2D eigenvalue weighted by Gasteiger charge is -2.09. The number of H-pyrrole nitrogens is 1. The number of benzene rings is 1. The maximum atomic E-state index is 12.1. The van der Waals surface area contributed by atoms with Crippen LogP contribution in [0.25, 0.3) is 0 Å². The van der Waals surface area contributed by atoms with Crippen LogP contribution in [0.5, 0.6) is 0 Å². The van der Waals surface area contributed by atoms with Gasteiger partial charge in [0.15, 0.2) is 0 Å². The van der Waals surface area contributed by atoms with Crippen molar-refractivity contribution >= 4 is 11.6 Å². The van der Waals surface area contributed by atoms with Gasteiger partial charge in [0.05, 0.1) is 0 Å². The molecule has 2 N–H and O–H groups in total. The van der Waals surface area contributed by atoms with Crippen molar-refractivity contribution in [2.75, 3.05) is 5.32 Å². The largest absolute Gasteiger partial charge is 0.319 e. The van der Waals surface area contributed by atoms with Crippen molar-refractivity contribution in [3.63, 3.8) is 0 Å². The van der Waals surface area contributed by atoms with Crippen molar-refractivity contribution in [1.29, 1.82) is 0 Å². The Morgan fingerprint density at radius 3 is 2.71 bits per heavy atom. The third kappa shape index (κ3) is 3.12. The van der Waals surface area contributed by atoms with Crippen molar-refractivity contribution in [1.82, 2.24) is 15.2 Å². The molecule has 0 radical (unpaired) electrons. The molecular formula is C16H20N4O. The normalized spacial score (nSPS) is 15.7. The predicted octanol–water partition coefficient (Wildman–Crippen LogP) is 3.45. The number of rotatable bonds is 5. The molecule has 110 valence electrons. The van der Waals surface area contributed by atoms with E-state index in [0.717, 1.165) is 30.8 Å². The van der Waals surface area contributed by atoms with Crippen LogP contribution in [-0.2, 0) is 0 Å². The second-order valence-electron chi connectivity index (χ2n) is 5.70. The summed E-state index contributed by atoms with van der Waals surface area (Å²) >= 11 is 0. The first kappa shape index (κ1) is 13.8. The lowest BCUT2D eigenvalue weighted by atomic mass is 9.99. The van der Waals surface area contributed by atoms with Crippen LogP contribution in [0.15, 0.2) is 24.3 Å². The second kappa shape index (κ2) is 5.68. The minimum atomic E-state index is -0.269. The van der Waals surface area contributed by atoms with Crippen LogP contribution < -0.4 is 5.32 Å². The molecule has 0 aliphatic heterocycles. The van der Waals surface area contributed by atoms with Crippen LogP contribution in [0.1, 0.15) is 67.0 Å². The highest BCUT2D eigenvalue weighted by molar-refractivity contribution is 6.01. The first-order valence-corrected chi connectivity index (χ1v) is 7.51. The van der Waals surface area contributed by atoms with Crippen LogP contribution in [0.4, 0.5) is 5.69 Å². The Hall–Kier alpha value is -2.17. The molecule has 3 rings (SSSR count). The van der Waals surface area contributed by atoms with E-state index in [-0.39, 0.29) is 11.7 Å². The maximum absolute atomic E-state index is 12.1. The molecule has 21 heavy (non-hydrogen) atoms. The fourth-order valence-corrected chi connectivity index (χ4v) is 2.23. The predicted molar refractivity (Wildman–Crippen MR) is 81.5 cm³/mol. The van der Waals surface area contributed by atoms with Crippen LogP contribution in [0.2, 0.25) is 0 Å². The van der Waals surface area contributed by atoms with Gasteiger partial charge in [0, 0.05) is 11.6 Å². The number of carbonyl (C=O) groups is 1. The molecule has 1 saturated carbocycles. The molecule has 1 heterocycles. The number of carbonyl (C=O) groups excluding carboxylic acids is 1. The van der Waals surface area contributed by atoms with Gasteiger partial charge in [0.1, 0.15) is 5.82 Å². The fourth-order valence-electron chi connectivity index (χ4n) is 2.23. The first-order valence-electron chi connectivity index (χ1n) is 7.51. The standard InChI is InChI=1S/C16H20N4O/c1-3-10(2)11-6-8-13(9-7-11)17-16(21)15-18-14(19-20-15)12-4-5-12/h6-10,12H,3-5H2,1-2H3,(H,17,21)(H,18,19,20). The van der Waals surface area contributed by atoms with Crippen molar-refractivity contribution in [2.45, 2.75) is 44.9 Å². The molecular weight excluding hydrogens is 264 g/mol. The lowest BCUT2D eigenvalue weighted by Crippen LogP contribution is -2.13. The van der Waals surface area contributed by atoms with Gasteiger partial charge in [-0.1, -0.05) is 26.0 Å². The molecule has 5 heteroatoms. The van der Waals surface area contributed by atoms with E-state index in [0.29, 0.717) is 11.8 Å². The Kier molecular flexibility index (Phi) is 3.73. The average Bonchev–Trinajstić information content (AvgIpc) is 3.24. The zero-order valence-corrected chi connectivity index (χ0v) is 12.4. The molecule has 0 spiro atoms. The number of aromatic nitrogens is 3. The van der Waals surface area contributed by atoms with Gasteiger partial charge in [-0.3, -0.25) is 9.89 Å². The van der Waals surface area contributed by atoms with Gasteiger partial charge < -0.3 is 5.32 Å². The number of nitrogens with zero attached hydrogens (tertiary/aromatic N) is 2. The van der Waals surface area contributed by atoms with Crippen molar-refractivity contribution in [3.05, 3.63) is 41.5 Å². The van der Waals surface area contributed by atoms with E-state index in [9.17, 15) is 4.79 Å². The highest BCUT2D eigenvalue weighted by atomic mass is 16.2. The van der Waals surface area contributed by atoms with E-state index in [1.807, 2.05) is 12.1 Å². The third-order valence-electron chi connectivity index (χ3n) is 4.02. The molecule has 0 saturated heterocycles.